The topological polar surface area (TPSA) is 6.48 Å². The molecule has 0 aromatic heterocycles. The van der Waals surface area contributed by atoms with Crippen LogP contribution in [0.25, 0.3) is 0 Å². The fourth-order valence-electron chi connectivity index (χ4n) is 1.04. The molecule has 14 heavy (non-hydrogen) atoms. The Morgan fingerprint density at radius 3 is 2.21 bits per heavy atom. The molecule has 0 N–H and O–H groups in total. The standard InChI is InChI=1S/C10H14Cl2N2/c1-13(2)14(3)7-8-4-5-9(11)10(12)6-8/h4-6H,7H2,1-3H3. The monoisotopic (exact) mass is 232 g/mol. The zero-order chi connectivity index (χ0) is 10.7. The normalized spacial score (nSPS) is 11.4. The van der Waals surface area contributed by atoms with Crippen LogP contribution in [-0.4, -0.2) is 31.2 Å². The summed E-state index contributed by atoms with van der Waals surface area (Å²) in [4.78, 5) is 0. The first kappa shape index (κ1) is 11.8. The first-order valence-electron chi connectivity index (χ1n) is 4.33. The van der Waals surface area contributed by atoms with Crippen LogP contribution in [0, 0.1) is 0 Å². The van der Waals surface area contributed by atoms with E-state index >= 15 is 0 Å². The molecule has 1 rings (SSSR count). The van der Waals surface area contributed by atoms with E-state index < -0.39 is 0 Å². The van der Waals surface area contributed by atoms with Gasteiger partial charge < -0.3 is 0 Å². The number of hydrogen-bond acceptors (Lipinski definition) is 2. The van der Waals surface area contributed by atoms with E-state index in [9.17, 15) is 0 Å². The van der Waals surface area contributed by atoms with E-state index in [0.717, 1.165) is 12.1 Å². The summed E-state index contributed by atoms with van der Waals surface area (Å²) in [5.41, 5.74) is 1.15. The second kappa shape index (κ2) is 4.99. The summed E-state index contributed by atoms with van der Waals surface area (Å²) in [6.45, 7) is 0.823. The van der Waals surface area contributed by atoms with Crippen molar-refractivity contribution in [2.24, 2.45) is 0 Å². The first-order chi connectivity index (χ1) is 6.50. The quantitative estimate of drug-likeness (QED) is 0.740. The van der Waals surface area contributed by atoms with Gasteiger partial charge in [0.25, 0.3) is 0 Å². The van der Waals surface area contributed by atoms with Crippen molar-refractivity contribution in [1.29, 1.82) is 0 Å². The Labute approximate surface area is 95.0 Å². The maximum atomic E-state index is 5.91. The average molecular weight is 233 g/mol. The van der Waals surface area contributed by atoms with E-state index in [4.69, 9.17) is 23.2 Å². The highest BCUT2D eigenvalue weighted by atomic mass is 35.5. The van der Waals surface area contributed by atoms with Crippen molar-refractivity contribution in [3.8, 4) is 0 Å². The summed E-state index contributed by atoms with van der Waals surface area (Å²) in [5.74, 6) is 0. The van der Waals surface area contributed by atoms with Crippen molar-refractivity contribution in [2.45, 2.75) is 6.54 Å². The maximum absolute atomic E-state index is 5.91. The summed E-state index contributed by atoms with van der Waals surface area (Å²) in [6.07, 6.45) is 0. The molecule has 0 radical (unpaired) electrons. The van der Waals surface area contributed by atoms with Gasteiger partial charge >= 0.3 is 0 Å². The van der Waals surface area contributed by atoms with Crippen molar-refractivity contribution in [1.82, 2.24) is 10.0 Å². The molecule has 1 aromatic rings. The van der Waals surface area contributed by atoms with Gasteiger partial charge in [-0.05, 0) is 17.7 Å². The predicted molar refractivity (Wildman–Crippen MR) is 61.6 cm³/mol. The second-order valence-electron chi connectivity index (χ2n) is 3.41. The predicted octanol–water partition coefficient (Wildman–Crippen LogP) is 2.90. The summed E-state index contributed by atoms with van der Waals surface area (Å²) in [5, 5.41) is 5.31. The minimum absolute atomic E-state index is 0.600. The third kappa shape index (κ3) is 3.14. The molecule has 78 valence electrons. The molecule has 0 aliphatic carbocycles. The van der Waals surface area contributed by atoms with Gasteiger partial charge in [-0.25, -0.2) is 10.0 Å². The highest BCUT2D eigenvalue weighted by Crippen LogP contribution is 2.23. The van der Waals surface area contributed by atoms with Crippen LogP contribution in [0.5, 0.6) is 0 Å². The summed E-state index contributed by atoms with van der Waals surface area (Å²) >= 11 is 11.7. The molecule has 0 unspecified atom stereocenters. The zero-order valence-corrected chi connectivity index (χ0v) is 10.1. The number of hydrazine groups is 1. The lowest BCUT2D eigenvalue weighted by Crippen LogP contribution is -2.32. The number of hydrogen-bond donors (Lipinski definition) is 0. The fourth-order valence-corrected chi connectivity index (χ4v) is 1.36. The Morgan fingerprint density at radius 2 is 1.71 bits per heavy atom. The van der Waals surface area contributed by atoms with Crippen molar-refractivity contribution < 1.29 is 0 Å². The summed E-state index contributed by atoms with van der Waals surface area (Å²) in [7, 11) is 6.01. The minimum Gasteiger partial charge on any atom is -0.248 e. The van der Waals surface area contributed by atoms with Crippen LogP contribution in [0.3, 0.4) is 0 Å². The number of nitrogens with zero attached hydrogens (tertiary/aromatic N) is 2. The number of halogens is 2. The molecule has 0 aliphatic heterocycles. The molecule has 0 fully saturated rings. The van der Waals surface area contributed by atoms with Crippen molar-refractivity contribution in [3.63, 3.8) is 0 Å². The van der Waals surface area contributed by atoms with E-state index in [1.165, 1.54) is 0 Å². The molecule has 0 saturated heterocycles. The van der Waals surface area contributed by atoms with Crippen LogP contribution in [0.4, 0.5) is 0 Å². The molecule has 0 amide bonds. The van der Waals surface area contributed by atoms with Gasteiger partial charge in [0.15, 0.2) is 0 Å². The fraction of sp³-hybridized carbons (Fsp3) is 0.400. The van der Waals surface area contributed by atoms with Gasteiger partial charge in [0.2, 0.25) is 0 Å². The Hall–Kier alpha value is -0.280. The van der Waals surface area contributed by atoms with Gasteiger partial charge in [0, 0.05) is 27.7 Å². The van der Waals surface area contributed by atoms with Crippen molar-refractivity contribution in [3.05, 3.63) is 33.8 Å². The average Bonchev–Trinajstić information content (AvgIpc) is 2.11. The lowest BCUT2D eigenvalue weighted by atomic mass is 10.2. The molecule has 0 spiro atoms. The zero-order valence-electron chi connectivity index (χ0n) is 8.59. The third-order valence-corrected chi connectivity index (χ3v) is 2.82. The summed E-state index contributed by atoms with van der Waals surface area (Å²) in [6, 6.07) is 5.70. The number of benzene rings is 1. The lowest BCUT2D eigenvalue weighted by molar-refractivity contribution is 0.0476. The van der Waals surface area contributed by atoms with Crippen LogP contribution in [-0.2, 0) is 6.54 Å². The molecule has 0 heterocycles. The van der Waals surface area contributed by atoms with E-state index in [1.54, 1.807) is 0 Å². The van der Waals surface area contributed by atoms with E-state index in [2.05, 4.69) is 5.01 Å². The van der Waals surface area contributed by atoms with Gasteiger partial charge in [-0.15, -0.1) is 0 Å². The van der Waals surface area contributed by atoms with Crippen LogP contribution < -0.4 is 0 Å². The highest BCUT2D eigenvalue weighted by Gasteiger charge is 2.04. The van der Waals surface area contributed by atoms with E-state index in [0.29, 0.717) is 10.0 Å². The molecular formula is C10H14Cl2N2. The van der Waals surface area contributed by atoms with Crippen molar-refractivity contribution >= 4 is 23.2 Å². The molecule has 2 nitrogen and oxygen atoms in total. The smallest absolute Gasteiger partial charge is 0.0595 e. The molecule has 1 aromatic carbocycles. The Bertz CT molecular complexity index is 313. The SMILES string of the molecule is CN(C)N(C)Cc1ccc(Cl)c(Cl)c1. The van der Waals surface area contributed by atoms with Crippen LogP contribution >= 0.6 is 23.2 Å². The minimum atomic E-state index is 0.600. The van der Waals surface area contributed by atoms with Gasteiger partial charge in [0.05, 0.1) is 10.0 Å². The van der Waals surface area contributed by atoms with Gasteiger partial charge in [-0.3, -0.25) is 0 Å². The maximum Gasteiger partial charge on any atom is 0.0595 e. The highest BCUT2D eigenvalue weighted by molar-refractivity contribution is 6.42. The summed E-state index contributed by atoms with van der Waals surface area (Å²) < 4.78 is 0. The van der Waals surface area contributed by atoms with Crippen LogP contribution in [0.2, 0.25) is 10.0 Å². The molecule has 4 heteroatoms. The third-order valence-electron chi connectivity index (χ3n) is 2.08. The second-order valence-corrected chi connectivity index (χ2v) is 4.23. The van der Waals surface area contributed by atoms with Crippen LogP contribution in [0.15, 0.2) is 18.2 Å². The Balaban J connectivity index is 2.73. The Morgan fingerprint density at radius 1 is 1.07 bits per heavy atom. The Kier molecular flexibility index (Phi) is 4.20. The van der Waals surface area contributed by atoms with Crippen molar-refractivity contribution in [2.75, 3.05) is 21.1 Å². The van der Waals surface area contributed by atoms with Gasteiger partial charge in [0.1, 0.15) is 0 Å². The first-order valence-corrected chi connectivity index (χ1v) is 5.08. The number of rotatable bonds is 3. The van der Waals surface area contributed by atoms with Crippen LogP contribution in [0.1, 0.15) is 5.56 Å². The lowest BCUT2D eigenvalue weighted by Gasteiger charge is -2.24. The van der Waals surface area contributed by atoms with E-state index in [-0.39, 0.29) is 0 Å². The molecule has 0 atom stereocenters. The van der Waals surface area contributed by atoms with E-state index in [1.807, 2.05) is 44.4 Å². The molecule has 0 saturated carbocycles. The molecule has 0 aliphatic rings. The van der Waals surface area contributed by atoms with Gasteiger partial charge in [-0.2, -0.15) is 0 Å². The van der Waals surface area contributed by atoms with Gasteiger partial charge in [-0.1, -0.05) is 29.3 Å². The largest absolute Gasteiger partial charge is 0.248 e. The molecule has 0 bridgehead atoms. The molecular weight excluding hydrogens is 219 g/mol.